The van der Waals surface area contributed by atoms with Crippen LogP contribution in [0.1, 0.15) is 18.3 Å². The second-order valence-corrected chi connectivity index (χ2v) is 9.23. The Morgan fingerprint density at radius 1 is 1.05 bits per heavy atom. The number of hydrogen-bond donors (Lipinski definition) is 4. The maximum atomic E-state index is 13.3. The van der Waals surface area contributed by atoms with Crippen molar-refractivity contribution >= 4 is 80.1 Å². The molecular weight excluding hydrogens is 511 g/mol. The lowest BCUT2D eigenvalue weighted by Crippen LogP contribution is -2.21. The number of nitrogens with zero attached hydrogens (tertiary/aromatic N) is 4. The molecule has 37 heavy (non-hydrogen) atoms. The van der Waals surface area contributed by atoms with Gasteiger partial charge in [-0.25, -0.2) is 15.0 Å². The Kier molecular flexibility index (Phi) is 6.32. The molecule has 5 rings (SSSR count). The van der Waals surface area contributed by atoms with Gasteiger partial charge in [-0.2, -0.15) is 0 Å². The number of guanidine groups is 1. The lowest BCUT2D eigenvalue weighted by Gasteiger charge is -2.10. The van der Waals surface area contributed by atoms with Gasteiger partial charge in [-0.3, -0.25) is 4.79 Å². The quantitative estimate of drug-likeness (QED) is 0.178. The molecule has 9 nitrogen and oxygen atoms in total. The SMILES string of the molecule is C/C(=C\c1cccc(N=C(N)N)c1)c1nc2ccc3nc(Nc4c(Cl)cccc4Cl)n(C)c3c2c(=O)[nH]1. The summed E-state index contributed by atoms with van der Waals surface area (Å²) < 4.78 is 1.78. The summed E-state index contributed by atoms with van der Waals surface area (Å²) in [7, 11) is 1.81. The van der Waals surface area contributed by atoms with Crippen LogP contribution in [0.2, 0.25) is 10.0 Å². The summed E-state index contributed by atoms with van der Waals surface area (Å²) in [5.41, 5.74) is 15.3. The van der Waals surface area contributed by atoms with Crippen molar-refractivity contribution in [3.8, 4) is 0 Å². The zero-order chi connectivity index (χ0) is 26.3. The number of halogens is 2. The molecule has 2 aromatic heterocycles. The minimum Gasteiger partial charge on any atom is -0.370 e. The molecule has 2 heterocycles. The summed E-state index contributed by atoms with van der Waals surface area (Å²) in [5.74, 6) is 0.915. The monoisotopic (exact) mass is 532 g/mol. The van der Waals surface area contributed by atoms with Crippen molar-refractivity contribution in [2.75, 3.05) is 5.32 Å². The number of anilines is 2. The minimum absolute atomic E-state index is 0.0202. The second-order valence-electron chi connectivity index (χ2n) is 8.42. The third-order valence-electron chi connectivity index (χ3n) is 5.79. The molecule has 6 N–H and O–H groups in total. The highest BCUT2D eigenvalue weighted by atomic mass is 35.5. The Bertz CT molecular complexity index is 1780. The smallest absolute Gasteiger partial charge is 0.261 e. The van der Waals surface area contributed by atoms with E-state index >= 15 is 0 Å². The van der Waals surface area contributed by atoms with Crippen molar-refractivity contribution in [1.29, 1.82) is 0 Å². The molecule has 0 bridgehead atoms. The summed E-state index contributed by atoms with van der Waals surface area (Å²) in [4.78, 5) is 29.6. The van der Waals surface area contributed by atoms with Gasteiger partial charge in [0.05, 0.1) is 43.4 Å². The first-order chi connectivity index (χ1) is 17.7. The highest BCUT2D eigenvalue weighted by molar-refractivity contribution is 6.39. The predicted octanol–water partition coefficient (Wildman–Crippen LogP) is 5.33. The molecule has 0 aliphatic heterocycles. The lowest BCUT2D eigenvalue weighted by atomic mass is 10.1. The third kappa shape index (κ3) is 4.74. The molecule has 0 spiro atoms. The number of H-pyrrole nitrogens is 1. The van der Waals surface area contributed by atoms with Crippen LogP contribution in [0, 0.1) is 0 Å². The van der Waals surface area contributed by atoms with Crippen LogP contribution in [0.15, 0.2) is 64.4 Å². The molecule has 0 aliphatic carbocycles. The van der Waals surface area contributed by atoms with E-state index in [-0.39, 0.29) is 11.5 Å². The van der Waals surface area contributed by atoms with E-state index in [4.69, 9.17) is 39.7 Å². The van der Waals surface area contributed by atoms with Crippen LogP contribution in [0.3, 0.4) is 0 Å². The fourth-order valence-corrected chi connectivity index (χ4v) is 4.60. The first-order valence-electron chi connectivity index (χ1n) is 11.2. The number of aromatic amines is 1. The minimum atomic E-state index is -0.280. The van der Waals surface area contributed by atoms with Crippen molar-refractivity contribution in [3.05, 3.63) is 86.4 Å². The van der Waals surface area contributed by atoms with Crippen molar-refractivity contribution in [2.24, 2.45) is 23.5 Å². The van der Waals surface area contributed by atoms with E-state index in [2.05, 4.69) is 20.3 Å². The Balaban J connectivity index is 1.58. The topological polar surface area (TPSA) is 140 Å². The van der Waals surface area contributed by atoms with E-state index in [1.807, 2.05) is 44.3 Å². The number of aryl methyl sites for hydroxylation is 1. The summed E-state index contributed by atoms with van der Waals surface area (Å²) in [6.07, 6.45) is 1.90. The number of imidazole rings is 1. The van der Waals surface area contributed by atoms with Crippen molar-refractivity contribution in [2.45, 2.75) is 6.92 Å². The maximum Gasteiger partial charge on any atom is 0.261 e. The van der Waals surface area contributed by atoms with Crippen LogP contribution in [-0.4, -0.2) is 25.5 Å². The third-order valence-corrected chi connectivity index (χ3v) is 6.42. The average Bonchev–Trinajstić information content (AvgIpc) is 3.16. The number of para-hydroxylation sites is 1. The van der Waals surface area contributed by atoms with Crippen molar-refractivity contribution in [3.63, 3.8) is 0 Å². The van der Waals surface area contributed by atoms with E-state index in [0.29, 0.717) is 55.1 Å². The van der Waals surface area contributed by atoms with Gasteiger partial charge in [0.25, 0.3) is 5.56 Å². The number of benzene rings is 3. The molecule has 11 heteroatoms. The van der Waals surface area contributed by atoms with Gasteiger partial charge in [0.1, 0.15) is 5.82 Å². The molecule has 186 valence electrons. The van der Waals surface area contributed by atoms with E-state index in [1.165, 1.54) is 0 Å². The summed E-state index contributed by atoms with van der Waals surface area (Å²) in [5, 5.41) is 4.52. The van der Waals surface area contributed by atoms with Crippen LogP contribution in [0.5, 0.6) is 0 Å². The zero-order valence-electron chi connectivity index (χ0n) is 19.9. The number of aromatic nitrogens is 4. The molecule has 0 radical (unpaired) electrons. The number of nitrogens with one attached hydrogen (secondary N) is 2. The van der Waals surface area contributed by atoms with E-state index < -0.39 is 0 Å². The van der Waals surface area contributed by atoms with Gasteiger partial charge in [0, 0.05) is 7.05 Å². The molecule has 3 aromatic carbocycles. The number of allylic oxidation sites excluding steroid dienone is 1. The van der Waals surface area contributed by atoms with Crippen LogP contribution in [-0.2, 0) is 7.05 Å². The summed E-state index contributed by atoms with van der Waals surface area (Å²) >= 11 is 12.6. The van der Waals surface area contributed by atoms with Crippen LogP contribution >= 0.6 is 23.2 Å². The zero-order valence-corrected chi connectivity index (χ0v) is 21.4. The fraction of sp³-hybridized carbons (Fsp3) is 0.0769. The van der Waals surface area contributed by atoms with Gasteiger partial charge in [0.2, 0.25) is 5.95 Å². The van der Waals surface area contributed by atoms with Gasteiger partial charge in [-0.15, -0.1) is 0 Å². The van der Waals surface area contributed by atoms with Gasteiger partial charge in [0.15, 0.2) is 5.96 Å². The standard InChI is InChI=1S/C26H22Cl2N8O/c1-13(11-14-5-3-6-15(12-14)31-25(29)30)23-32-18-9-10-19-22(20(18)24(37)35-23)36(2)26(33-19)34-21-16(27)7-4-8-17(21)28/h3-12H,1-2H3,(H,33,34)(H4,29,30,31)(H,32,35,37)/b13-11+. The summed E-state index contributed by atoms with van der Waals surface area (Å²) in [6.45, 7) is 1.87. The second kappa shape index (κ2) is 9.61. The Labute approximate surface area is 221 Å². The molecule has 5 aromatic rings. The van der Waals surface area contributed by atoms with Crippen LogP contribution in [0.25, 0.3) is 33.6 Å². The number of hydrogen-bond acceptors (Lipinski definition) is 5. The largest absolute Gasteiger partial charge is 0.370 e. The first-order valence-corrected chi connectivity index (χ1v) is 12.0. The van der Waals surface area contributed by atoms with E-state index in [9.17, 15) is 4.79 Å². The number of rotatable bonds is 5. The predicted molar refractivity (Wildman–Crippen MR) is 152 cm³/mol. The molecule has 0 amide bonds. The molecule has 0 atom stereocenters. The first kappa shape index (κ1) is 24.4. The van der Waals surface area contributed by atoms with E-state index in [0.717, 1.165) is 11.1 Å². The van der Waals surface area contributed by atoms with Crippen molar-refractivity contribution < 1.29 is 0 Å². The Morgan fingerprint density at radius 2 is 1.76 bits per heavy atom. The highest BCUT2D eigenvalue weighted by Crippen LogP contribution is 2.34. The highest BCUT2D eigenvalue weighted by Gasteiger charge is 2.17. The van der Waals surface area contributed by atoms with Gasteiger partial charge < -0.3 is 26.3 Å². The number of fused-ring (bicyclic) bond motifs is 3. The molecule has 0 saturated heterocycles. The average molecular weight is 533 g/mol. The van der Waals surface area contributed by atoms with Gasteiger partial charge in [-0.05, 0) is 60.5 Å². The van der Waals surface area contributed by atoms with Crippen LogP contribution in [0.4, 0.5) is 17.3 Å². The molecule has 0 aliphatic rings. The fourth-order valence-electron chi connectivity index (χ4n) is 4.11. The van der Waals surface area contributed by atoms with E-state index in [1.54, 1.807) is 34.9 Å². The Hall–Kier alpha value is -4.34. The Morgan fingerprint density at radius 3 is 2.49 bits per heavy atom. The molecular formula is C26H22Cl2N8O. The van der Waals surface area contributed by atoms with Gasteiger partial charge >= 0.3 is 0 Å². The van der Waals surface area contributed by atoms with Crippen LogP contribution < -0.4 is 22.3 Å². The molecule has 0 fully saturated rings. The van der Waals surface area contributed by atoms with Gasteiger partial charge in [-0.1, -0.05) is 41.4 Å². The number of nitrogens with two attached hydrogens (primary N) is 2. The lowest BCUT2D eigenvalue weighted by molar-refractivity contribution is 0.960. The normalized spacial score (nSPS) is 11.7. The summed E-state index contributed by atoms with van der Waals surface area (Å²) in [6, 6.07) is 16.2. The molecule has 0 unspecified atom stereocenters. The number of aliphatic imine (C=N–C) groups is 1. The maximum absolute atomic E-state index is 13.3. The molecule has 0 saturated carbocycles. The van der Waals surface area contributed by atoms with Crippen molar-refractivity contribution in [1.82, 2.24) is 19.5 Å².